The van der Waals surface area contributed by atoms with Gasteiger partial charge >= 0.3 is 17.7 Å². The molecule has 1 radical (unpaired) electrons. The molecular formula is C24H44N3O8. The molecule has 1 N–H and O–H groups in total. The van der Waals surface area contributed by atoms with Gasteiger partial charge in [-0.05, 0) is 6.42 Å². The average molecular weight is 503 g/mol. The molecule has 0 aromatic rings. The van der Waals surface area contributed by atoms with Crippen molar-refractivity contribution in [1.82, 2.24) is 0 Å². The number of hydrogen-bond donors (Lipinski definition) is 1. The van der Waals surface area contributed by atoms with E-state index in [0.717, 1.165) is 25.7 Å². The molecule has 0 amide bonds. The first-order valence-electron chi connectivity index (χ1n) is 13.3. The van der Waals surface area contributed by atoms with Gasteiger partial charge in [0.25, 0.3) is 0 Å². The summed E-state index contributed by atoms with van der Waals surface area (Å²) in [5.41, 5.74) is -7.71. The molecule has 0 fully saturated rings. The zero-order valence-electron chi connectivity index (χ0n) is 21.3. The zero-order chi connectivity index (χ0) is 26.6. The van der Waals surface area contributed by atoms with E-state index in [0.29, 0.717) is 19.1 Å². The Kier molecular flexibility index (Phi) is 17.9. The minimum Gasteiger partial charge on any atom is -0.318 e. The normalized spacial score (nSPS) is 13.3. The van der Waals surface area contributed by atoms with Crippen LogP contribution in [0.3, 0.4) is 0 Å². The molecule has 0 rings (SSSR count). The van der Waals surface area contributed by atoms with Crippen molar-refractivity contribution in [3.05, 3.63) is 30.3 Å². The fourth-order valence-corrected chi connectivity index (χ4v) is 4.36. The summed E-state index contributed by atoms with van der Waals surface area (Å²) in [6.45, 7) is 2.24. The highest BCUT2D eigenvalue weighted by Gasteiger charge is 2.83. The molecule has 0 bridgehead atoms. The fourth-order valence-electron chi connectivity index (χ4n) is 4.36. The molecule has 0 saturated carbocycles. The molecule has 0 aliphatic heterocycles. The smallest absolute Gasteiger partial charge is 0.318 e. The number of hydrogen-bond acceptors (Lipinski definition) is 8. The maximum absolute atomic E-state index is 11.2. The molecule has 0 spiro atoms. The van der Waals surface area contributed by atoms with Crippen molar-refractivity contribution < 1.29 is 24.7 Å². The Morgan fingerprint density at radius 3 is 1.09 bits per heavy atom. The maximum atomic E-state index is 11.2. The van der Waals surface area contributed by atoms with E-state index in [2.05, 4.69) is 6.92 Å². The maximum Gasteiger partial charge on any atom is 0.618 e. The molecule has 1 unspecified atom stereocenters. The van der Waals surface area contributed by atoms with Gasteiger partial charge in [0.1, 0.15) is 9.85 Å². The van der Waals surface area contributed by atoms with E-state index in [4.69, 9.17) is 0 Å². The van der Waals surface area contributed by atoms with Gasteiger partial charge in [-0.3, -0.25) is 35.1 Å². The monoisotopic (exact) mass is 502 g/mol. The van der Waals surface area contributed by atoms with Crippen LogP contribution in [0.2, 0.25) is 0 Å². The van der Waals surface area contributed by atoms with E-state index < -0.39 is 32.6 Å². The van der Waals surface area contributed by atoms with Crippen LogP contribution in [0, 0.1) is 30.3 Å². The Labute approximate surface area is 208 Å². The Morgan fingerprint density at radius 2 is 0.857 bits per heavy atom. The van der Waals surface area contributed by atoms with Crippen molar-refractivity contribution in [2.24, 2.45) is 0 Å². The van der Waals surface area contributed by atoms with E-state index in [9.17, 15) is 40.2 Å². The van der Waals surface area contributed by atoms with Crippen LogP contribution >= 0.6 is 0 Å². The number of carbonyl (C=O) groups excluding carboxylic acids is 1. The molecule has 0 aliphatic carbocycles. The van der Waals surface area contributed by atoms with Crippen LogP contribution in [-0.2, 0) is 4.79 Å². The molecular weight excluding hydrogens is 458 g/mol. The molecule has 11 nitrogen and oxygen atoms in total. The van der Waals surface area contributed by atoms with Gasteiger partial charge in [-0.1, -0.05) is 122 Å². The van der Waals surface area contributed by atoms with E-state index >= 15 is 0 Å². The van der Waals surface area contributed by atoms with Crippen molar-refractivity contribution in [3.8, 4) is 0 Å². The summed E-state index contributed by atoms with van der Waals surface area (Å²) in [4.78, 5) is 39.3. The highest BCUT2D eigenvalue weighted by atomic mass is 16.7. The summed E-state index contributed by atoms with van der Waals surface area (Å²) < 4.78 is 0. The average Bonchev–Trinajstić information content (AvgIpc) is 2.80. The predicted molar refractivity (Wildman–Crippen MR) is 132 cm³/mol. The number of unbranched alkanes of at least 4 members (excludes halogenated alkanes) is 18. The number of aliphatic hydroxyl groups is 1. The van der Waals surface area contributed by atoms with Crippen LogP contribution in [0.5, 0.6) is 0 Å². The molecule has 35 heavy (non-hydrogen) atoms. The van der Waals surface area contributed by atoms with Crippen molar-refractivity contribution >= 4 is 6.29 Å². The predicted octanol–water partition coefficient (Wildman–Crippen LogP) is 6.13. The van der Waals surface area contributed by atoms with Gasteiger partial charge in [0, 0.05) is 0 Å². The second kappa shape index (κ2) is 19.1. The van der Waals surface area contributed by atoms with Crippen molar-refractivity contribution in [3.63, 3.8) is 0 Å². The highest BCUT2D eigenvalue weighted by molar-refractivity contribution is 5.62. The third-order valence-electron chi connectivity index (χ3n) is 6.66. The van der Waals surface area contributed by atoms with Crippen LogP contribution in [0.25, 0.3) is 0 Å². The van der Waals surface area contributed by atoms with Crippen molar-refractivity contribution in [1.29, 1.82) is 0 Å². The largest absolute Gasteiger partial charge is 0.618 e. The van der Waals surface area contributed by atoms with Gasteiger partial charge in [-0.15, -0.1) is 0 Å². The molecule has 0 aromatic heterocycles. The fraction of sp³-hybridized carbons (Fsp3) is 0.958. The topological polar surface area (TPSA) is 167 Å². The van der Waals surface area contributed by atoms with Gasteiger partial charge in [0.2, 0.25) is 0 Å². The Balaban J connectivity index is 3.87. The Hall–Kier alpha value is -2.17. The highest BCUT2D eigenvalue weighted by Crippen LogP contribution is 2.31. The van der Waals surface area contributed by atoms with Gasteiger partial charge in [0.15, 0.2) is 0 Å². The second-order valence-corrected chi connectivity index (χ2v) is 9.48. The number of nitro groups is 3. The van der Waals surface area contributed by atoms with E-state index in [1.54, 1.807) is 0 Å². The molecule has 0 saturated heterocycles. The molecule has 1 atom stereocenters. The van der Waals surface area contributed by atoms with Gasteiger partial charge in [-0.2, -0.15) is 0 Å². The lowest BCUT2D eigenvalue weighted by Crippen LogP contribution is -2.68. The third kappa shape index (κ3) is 11.4. The summed E-state index contributed by atoms with van der Waals surface area (Å²) in [7, 11) is 0. The SMILES string of the molecule is CCCCCCCCCCCCCCCCCCCCCC(O)([N+](=O)[O-])C([C]=O)([N+](=O)[O-])[N+](=O)[O-]. The summed E-state index contributed by atoms with van der Waals surface area (Å²) in [6, 6.07) is 0. The summed E-state index contributed by atoms with van der Waals surface area (Å²) in [5.74, 6) is 0. The van der Waals surface area contributed by atoms with Crippen LogP contribution in [-0.4, -0.2) is 37.6 Å². The quantitative estimate of drug-likeness (QED) is 0.0672. The molecule has 0 aliphatic rings. The lowest BCUT2D eigenvalue weighted by molar-refractivity contribution is -0.849. The minimum absolute atomic E-state index is 0.0542. The lowest BCUT2D eigenvalue weighted by atomic mass is 9.92. The number of rotatable bonds is 25. The zero-order valence-corrected chi connectivity index (χ0v) is 21.3. The van der Waals surface area contributed by atoms with Crippen molar-refractivity contribution in [2.75, 3.05) is 0 Å². The Bertz CT molecular complexity index is 618. The van der Waals surface area contributed by atoms with Crippen LogP contribution in [0.15, 0.2) is 0 Å². The molecule has 11 heteroatoms. The van der Waals surface area contributed by atoms with Crippen LogP contribution in [0.4, 0.5) is 0 Å². The molecule has 0 aromatic carbocycles. The van der Waals surface area contributed by atoms with Crippen LogP contribution < -0.4 is 0 Å². The first-order chi connectivity index (χ1) is 16.7. The lowest BCUT2D eigenvalue weighted by Gasteiger charge is -2.21. The van der Waals surface area contributed by atoms with Gasteiger partial charge < -0.3 is 5.11 Å². The van der Waals surface area contributed by atoms with Gasteiger partial charge in [0.05, 0.1) is 11.3 Å². The Morgan fingerprint density at radius 1 is 0.571 bits per heavy atom. The number of nitrogens with zero attached hydrogens (tertiary/aromatic N) is 3. The first-order valence-corrected chi connectivity index (χ1v) is 13.3. The summed E-state index contributed by atoms with van der Waals surface area (Å²) in [5, 5.41) is 43.5. The first kappa shape index (κ1) is 32.8. The molecule has 203 valence electrons. The van der Waals surface area contributed by atoms with Crippen LogP contribution in [0.1, 0.15) is 135 Å². The van der Waals surface area contributed by atoms with E-state index in [1.165, 1.54) is 77.0 Å². The summed E-state index contributed by atoms with van der Waals surface area (Å²) >= 11 is 0. The van der Waals surface area contributed by atoms with E-state index in [1.807, 2.05) is 0 Å². The minimum atomic E-state index is -4.05. The standard InChI is InChI=1S/C24H44N3O8/c1-2-3-4-5-6-7-8-9-10-11-12-13-14-15-16-17-18-19-20-21-24(29,27(34)35)23(22-28,25(30)31)26(32)33/h29H,2-21H2,1H3. The third-order valence-corrected chi connectivity index (χ3v) is 6.66. The summed E-state index contributed by atoms with van der Waals surface area (Å²) in [6.07, 6.45) is 20.6. The second-order valence-electron chi connectivity index (χ2n) is 9.48. The van der Waals surface area contributed by atoms with E-state index in [-0.39, 0.29) is 6.42 Å². The van der Waals surface area contributed by atoms with Crippen molar-refractivity contribution in [2.45, 2.75) is 147 Å². The van der Waals surface area contributed by atoms with Gasteiger partial charge in [-0.25, -0.2) is 0 Å². The molecule has 0 heterocycles.